The molecular formula is C12H16N2O4. The number of nitrogens with zero attached hydrogens (tertiary/aromatic N) is 1. The minimum absolute atomic E-state index is 0.113. The Kier molecular flexibility index (Phi) is 3.99. The molecule has 0 aliphatic carbocycles. The van der Waals surface area contributed by atoms with Crippen molar-refractivity contribution in [1.82, 2.24) is 10.2 Å². The van der Waals surface area contributed by atoms with E-state index in [-0.39, 0.29) is 18.4 Å². The monoisotopic (exact) mass is 252 g/mol. The van der Waals surface area contributed by atoms with Crippen molar-refractivity contribution in [1.29, 1.82) is 0 Å². The van der Waals surface area contributed by atoms with Crippen molar-refractivity contribution < 1.29 is 19.1 Å². The summed E-state index contributed by atoms with van der Waals surface area (Å²) in [5.41, 5.74) is 0. The summed E-state index contributed by atoms with van der Waals surface area (Å²) in [5, 5.41) is 11.6. The van der Waals surface area contributed by atoms with E-state index in [1.54, 1.807) is 18.4 Å². The smallest absolute Gasteiger partial charge is 0.307 e. The van der Waals surface area contributed by atoms with Crippen LogP contribution in [0.5, 0.6) is 0 Å². The lowest BCUT2D eigenvalue weighted by atomic mass is 10.1. The zero-order valence-corrected chi connectivity index (χ0v) is 9.96. The SMILES string of the molecule is O=C(CN1CCC(C(=O)O)C1)NCc1ccco1. The molecule has 0 saturated carbocycles. The fourth-order valence-corrected chi connectivity index (χ4v) is 2.04. The molecule has 0 aromatic carbocycles. The zero-order chi connectivity index (χ0) is 13.0. The summed E-state index contributed by atoms with van der Waals surface area (Å²) in [7, 11) is 0. The van der Waals surface area contributed by atoms with Crippen LogP contribution in [0.25, 0.3) is 0 Å². The largest absolute Gasteiger partial charge is 0.481 e. The molecule has 98 valence electrons. The van der Waals surface area contributed by atoms with Crippen LogP contribution >= 0.6 is 0 Å². The second kappa shape index (κ2) is 5.68. The highest BCUT2D eigenvalue weighted by Gasteiger charge is 2.28. The number of amides is 1. The van der Waals surface area contributed by atoms with Gasteiger partial charge in [0.1, 0.15) is 5.76 Å². The molecule has 1 aliphatic rings. The summed E-state index contributed by atoms with van der Waals surface area (Å²) in [6.07, 6.45) is 2.17. The number of carboxylic acids is 1. The van der Waals surface area contributed by atoms with E-state index in [1.807, 2.05) is 4.90 Å². The summed E-state index contributed by atoms with van der Waals surface area (Å²) in [6, 6.07) is 3.55. The third-order valence-corrected chi connectivity index (χ3v) is 3.03. The Morgan fingerprint density at radius 3 is 3.00 bits per heavy atom. The number of nitrogens with one attached hydrogen (secondary N) is 1. The number of furan rings is 1. The van der Waals surface area contributed by atoms with Gasteiger partial charge in [-0.3, -0.25) is 14.5 Å². The van der Waals surface area contributed by atoms with Crippen LogP contribution in [-0.2, 0) is 16.1 Å². The molecule has 2 heterocycles. The Morgan fingerprint density at radius 2 is 2.39 bits per heavy atom. The van der Waals surface area contributed by atoms with E-state index in [4.69, 9.17) is 9.52 Å². The maximum Gasteiger partial charge on any atom is 0.307 e. The molecule has 1 aromatic heterocycles. The quantitative estimate of drug-likeness (QED) is 0.787. The Labute approximate surface area is 105 Å². The number of hydrogen-bond acceptors (Lipinski definition) is 4. The van der Waals surface area contributed by atoms with Gasteiger partial charge < -0.3 is 14.8 Å². The second-order valence-electron chi connectivity index (χ2n) is 4.42. The van der Waals surface area contributed by atoms with Gasteiger partial charge in [-0.2, -0.15) is 0 Å². The lowest BCUT2D eigenvalue weighted by Gasteiger charge is -2.14. The Morgan fingerprint density at radius 1 is 1.56 bits per heavy atom. The van der Waals surface area contributed by atoms with Gasteiger partial charge in [-0.1, -0.05) is 0 Å². The van der Waals surface area contributed by atoms with E-state index < -0.39 is 5.97 Å². The maximum absolute atomic E-state index is 11.6. The Bertz CT molecular complexity index is 416. The normalized spacial score (nSPS) is 19.9. The topological polar surface area (TPSA) is 82.8 Å². The predicted molar refractivity (Wildman–Crippen MR) is 62.7 cm³/mol. The average Bonchev–Trinajstić information content (AvgIpc) is 2.96. The number of carboxylic acid groups (broad SMARTS) is 1. The van der Waals surface area contributed by atoms with Gasteiger partial charge in [-0.05, 0) is 25.1 Å². The first-order valence-corrected chi connectivity index (χ1v) is 5.89. The molecule has 2 N–H and O–H groups in total. The molecular weight excluding hydrogens is 236 g/mol. The molecule has 18 heavy (non-hydrogen) atoms. The van der Waals surface area contributed by atoms with E-state index >= 15 is 0 Å². The lowest BCUT2D eigenvalue weighted by Crippen LogP contribution is -2.36. The first-order valence-electron chi connectivity index (χ1n) is 5.89. The van der Waals surface area contributed by atoms with Crippen LogP contribution in [0.1, 0.15) is 12.2 Å². The molecule has 0 spiro atoms. The molecule has 1 atom stereocenters. The minimum atomic E-state index is -0.784. The third-order valence-electron chi connectivity index (χ3n) is 3.03. The van der Waals surface area contributed by atoms with Crippen molar-refractivity contribution in [2.45, 2.75) is 13.0 Å². The van der Waals surface area contributed by atoms with Gasteiger partial charge in [0.15, 0.2) is 0 Å². The van der Waals surface area contributed by atoms with Crippen molar-refractivity contribution in [3.05, 3.63) is 24.2 Å². The average molecular weight is 252 g/mol. The number of rotatable bonds is 5. The Hall–Kier alpha value is -1.82. The van der Waals surface area contributed by atoms with Crippen LogP contribution in [0.2, 0.25) is 0 Å². The van der Waals surface area contributed by atoms with Gasteiger partial charge in [-0.25, -0.2) is 0 Å². The molecule has 1 saturated heterocycles. The summed E-state index contributed by atoms with van der Waals surface area (Å²) < 4.78 is 5.10. The highest BCUT2D eigenvalue weighted by atomic mass is 16.4. The molecule has 6 nitrogen and oxygen atoms in total. The number of hydrogen-bond donors (Lipinski definition) is 2. The fourth-order valence-electron chi connectivity index (χ4n) is 2.04. The maximum atomic E-state index is 11.6. The van der Waals surface area contributed by atoms with Gasteiger partial charge in [0.2, 0.25) is 5.91 Å². The summed E-state index contributed by atoms with van der Waals surface area (Å²) in [5.74, 6) is -0.540. The van der Waals surface area contributed by atoms with Crippen molar-refractivity contribution in [3.8, 4) is 0 Å². The molecule has 1 fully saturated rings. The molecule has 1 aliphatic heterocycles. The first-order chi connectivity index (χ1) is 8.65. The van der Waals surface area contributed by atoms with Crippen LogP contribution in [0, 0.1) is 5.92 Å². The molecule has 6 heteroatoms. The van der Waals surface area contributed by atoms with Gasteiger partial charge in [0, 0.05) is 6.54 Å². The van der Waals surface area contributed by atoms with Crippen molar-refractivity contribution in [2.75, 3.05) is 19.6 Å². The van der Waals surface area contributed by atoms with Crippen LogP contribution in [0.3, 0.4) is 0 Å². The number of carbonyl (C=O) groups excluding carboxylic acids is 1. The van der Waals surface area contributed by atoms with Gasteiger partial charge >= 0.3 is 5.97 Å². The van der Waals surface area contributed by atoms with Crippen molar-refractivity contribution in [3.63, 3.8) is 0 Å². The van der Waals surface area contributed by atoms with Gasteiger partial charge in [-0.15, -0.1) is 0 Å². The van der Waals surface area contributed by atoms with Crippen LogP contribution in [-0.4, -0.2) is 41.5 Å². The number of aliphatic carboxylic acids is 1. The van der Waals surface area contributed by atoms with Gasteiger partial charge in [0.25, 0.3) is 0 Å². The standard InChI is InChI=1S/C12H16N2O4/c15-11(13-6-10-2-1-5-18-10)8-14-4-3-9(7-14)12(16)17/h1-2,5,9H,3-4,6-8H2,(H,13,15)(H,16,17). The molecule has 0 radical (unpaired) electrons. The second-order valence-corrected chi connectivity index (χ2v) is 4.42. The summed E-state index contributed by atoms with van der Waals surface area (Å²) >= 11 is 0. The highest BCUT2D eigenvalue weighted by molar-refractivity contribution is 5.78. The van der Waals surface area contributed by atoms with E-state index in [0.29, 0.717) is 31.8 Å². The van der Waals surface area contributed by atoms with Crippen LogP contribution in [0.15, 0.2) is 22.8 Å². The minimum Gasteiger partial charge on any atom is -0.481 e. The molecule has 0 bridgehead atoms. The summed E-state index contributed by atoms with van der Waals surface area (Å²) in [4.78, 5) is 24.3. The zero-order valence-electron chi connectivity index (χ0n) is 9.96. The first kappa shape index (κ1) is 12.6. The van der Waals surface area contributed by atoms with E-state index in [1.165, 1.54) is 0 Å². The van der Waals surface area contributed by atoms with Crippen LogP contribution < -0.4 is 5.32 Å². The molecule has 1 aromatic rings. The van der Waals surface area contributed by atoms with E-state index in [2.05, 4.69) is 5.32 Å². The van der Waals surface area contributed by atoms with E-state index in [9.17, 15) is 9.59 Å². The van der Waals surface area contributed by atoms with Crippen molar-refractivity contribution in [2.24, 2.45) is 5.92 Å². The number of likely N-dealkylation sites (tertiary alicyclic amines) is 1. The molecule has 1 amide bonds. The predicted octanol–water partition coefficient (Wildman–Crippen LogP) is 0.302. The third kappa shape index (κ3) is 3.33. The van der Waals surface area contributed by atoms with Gasteiger partial charge in [0.05, 0.1) is 25.3 Å². The number of carbonyl (C=O) groups is 2. The summed E-state index contributed by atoms with van der Waals surface area (Å²) in [6.45, 7) is 1.71. The molecule has 2 rings (SSSR count). The molecule has 1 unspecified atom stereocenters. The van der Waals surface area contributed by atoms with E-state index in [0.717, 1.165) is 0 Å². The Balaban J connectivity index is 1.70. The van der Waals surface area contributed by atoms with Crippen LogP contribution in [0.4, 0.5) is 0 Å². The lowest BCUT2D eigenvalue weighted by molar-refractivity contribution is -0.141. The highest BCUT2D eigenvalue weighted by Crippen LogP contribution is 2.15. The van der Waals surface area contributed by atoms with Crippen molar-refractivity contribution >= 4 is 11.9 Å². The fraction of sp³-hybridized carbons (Fsp3) is 0.500.